The van der Waals surface area contributed by atoms with Gasteiger partial charge in [0.1, 0.15) is 5.75 Å². The number of nitrogens with zero attached hydrogens (tertiary/aromatic N) is 2. The number of hydrogen-bond donors (Lipinski definition) is 1. The number of imidazole rings is 1. The maximum atomic E-state index is 13.1. The lowest BCUT2D eigenvalue weighted by atomic mass is 9.99. The lowest BCUT2D eigenvalue weighted by Crippen LogP contribution is -2.20. The quantitative estimate of drug-likeness (QED) is 0.409. The molecule has 0 spiro atoms. The topological polar surface area (TPSA) is 57.5 Å². The molecule has 6 nitrogen and oxygen atoms in total. The number of ether oxygens (including phenoxy) is 3. The Labute approximate surface area is 189 Å². The van der Waals surface area contributed by atoms with Gasteiger partial charge in [0.25, 0.3) is 0 Å². The van der Waals surface area contributed by atoms with Crippen molar-refractivity contribution in [3.05, 3.63) is 83.9 Å². The van der Waals surface area contributed by atoms with E-state index in [1.807, 2.05) is 53.1 Å². The normalized spacial score (nSPS) is 15.1. The molecule has 0 amide bonds. The number of fused-ring (bicyclic) bond motifs is 3. The maximum absolute atomic E-state index is 13.1. The van der Waals surface area contributed by atoms with Crippen molar-refractivity contribution in [1.29, 1.82) is 0 Å². The van der Waals surface area contributed by atoms with Gasteiger partial charge in [-0.25, -0.2) is 4.98 Å². The summed E-state index contributed by atoms with van der Waals surface area (Å²) in [6.07, 6.45) is 1.95. The van der Waals surface area contributed by atoms with E-state index >= 15 is 0 Å². The molecule has 5 rings (SSSR count). The second-order valence-electron chi connectivity index (χ2n) is 7.40. The number of nitrogens with one attached hydrogen (secondary N) is 1. The summed E-state index contributed by atoms with van der Waals surface area (Å²) < 4.78 is 44.2. The molecule has 33 heavy (non-hydrogen) atoms. The number of allylic oxidation sites excluding steroid dienone is 1. The van der Waals surface area contributed by atoms with E-state index in [-0.39, 0.29) is 11.8 Å². The van der Waals surface area contributed by atoms with Gasteiger partial charge in [-0.1, -0.05) is 36.4 Å². The summed E-state index contributed by atoms with van der Waals surface area (Å²) >= 11 is 0. The van der Waals surface area contributed by atoms with Crippen LogP contribution in [0.3, 0.4) is 0 Å². The van der Waals surface area contributed by atoms with Gasteiger partial charge in [0, 0.05) is 11.1 Å². The monoisotopic (exact) mass is 449 g/mol. The number of alkyl halides is 2. The van der Waals surface area contributed by atoms with Gasteiger partial charge in [-0.2, -0.15) is 8.78 Å². The fourth-order valence-corrected chi connectivity index (χ4v) is 4.23. The first-order chi connectivity index (χ1) is 16.1. The first kappa shape index (κ1) is 20.8. The average Bonchev–Trinajstić information content (AvgIpc) is 3.21. The van der Waals surface area contributed by atoms with Crippen LogP contribution in [0.1, 0.15) is 17.2 Å². The van der Waals surface area contributed by atoms with Crippen LogP contribution < -0.4 is 19.5 Å². The highest BCUT2D eigenvalue weighted by Crippen LogP contribution is 2.43. The molecule has 1 aliphatic rings. The van der Waals surface area contributed by atoms with Gasteiger partial charge in [-0.05, 0) is 36.4 Å². The first-order valence-corrected chi connectivity index (χ1v) is 10.3. The molecular formula is C25H21F2N3O3. The first-order valence-electron chi connectivity index (χ1n) is 10.3. The second-order valence-corrected chi connectivity index (χ2v) is 7.40. The molecular weight excluding hydrogens is 428 g/mol. The van der Waals surface area contributed by atoms with Crippen LogP contribution in [0.4, 0.5) is 14.7 Å². The van der Waals surface area contributed by atoms with Crippen molar-refractivity contribution in [2.75, 3.05) is 19.5 Å². The van der Waals surface area contributed by atoms with E-state index < -0.39 is 6.61 Å². The number of halogens is 2. The highest BCUT2D eigenvalue weighted by Gasteiger charge is 2.29. The van der Waals surface area contributed by atoms with Gasteiger partial charge in [-0.15, -0.1) is 0 Å². The molecule has 1 aromatic heterocycles. The molecule has 0 radical (unpaired) electrons. The Morgan fingerprint density at radius 2 is 1.67 bits per heavy atom. The predicted octanol–water partition coefficient (Wildman–Crippen LogP) is 5.71. The highest BCUT2D eigenvalue weighted by molar-refractivity contribution is 5.87. The van der Waals surface area contributed by atoms with Crippen molar-refractivity contribution in [2.45, 2.75) is 12.7 Å². The molecule has 4 aromatic rings. The van der Waals surface area contributed by atoms with Crippen LogP contribution in [0.15, 0.2) is 72.8 Å². The molecule has 8 heteroatoms. The molecule has 0 bridgehead atoms. The third-order valence-corrected chi connectivity index (χ3v) is 5.59. The van der Waals surface area contributed by atoms with Crippen LogP contribution in [0.25, 0.3) is 16.7 Å². The number of anilines is 1. The van der Waals surface area contributed by atoms with E-state index in [0.717, 1.165) is 16.6 Å². The van der Waals surface area contributed by atoms with E-state index in [1.54, 1.807) is 32.4 Å². The minimum absolute atomic E-state index is 0.0761. The zero-order valence-electron chi connectivity index (χ0n) is 18.0. The summed E-state index contributed by atoms with van der Waals surface area (Å²) in [6.45, 7) is -2.94. The van der Waals surface area contributed by atoms with Gasteiger partial charge in [0.05, 0.1) is 37.0 Å². The van der Waals surface area contributed by atoms with E-state index in [9.17, 15) is 8.78 Å². The van der Waals surface area contributed by atoms with Gasteiger partial charge >= 0.3 is 6.61 Å². The van der Waals surface area contributed by atoms with Crippen molar-refractivity contribution >= 4 is 22.7 Å². The van der Waals surface area contributed by atoms with Crippen LogP contribution >= 0.6 is 0 Å². The number of methoxy groups -OCH3 is 2. The minimum Gasteiger partial charge on any atom is -0.493 e. The second kappa shape index (κ2) is 8.46. The van der Waals surface area contributed by atoms with Crippen LogP contribution in [-0.4, -0.2) is 30.4 Å². The molecule has 168 valence electrons. The number of rotatable bonds is 6. The lowest BCUT2D eigenvalue weighted by Gasteiger charge is -2.28. The molecule has 1 atom stereocenters. The molecule has 2 heterocycles. The average molecular weight is 449 g/mol. The fraction of sp³-hybridized carbons (Fsp3) is 0.160. The van der Waals surface area contributed by atoms with Crippen molar-refractivity contribution in [3.63, 3.8) is 0 Å². The molecule has 3 aromatic carbocycles. The molecule has 1 N–H and O–H groups in total. The van der Waals surface area contributed by atoms with Crippen LogP contribution in [0.2, 0.25) is 0 Å². The summed E-state index contributed by atoms with van der Waals surface area (Å²) in [5.41, 5.74) is 3.67. The summed E-state index contributed by atoms with van der Waals surface area (Å²) in [4.78, 5) is 4.74. The van der Waals surface area contributed by atoms with Crippen LogP contribution in [0, 0.1) is 0 Å². The Balaban J connectivity index is 1.74. The maximum Gasteiger partial charge on any atom is 0.387 e. The fourth-order valence-electron chi connectivity index (χ4n) is 4.23. The van der Waals surface area contributed by atoms with Gasteiger partial charge in [-0.3, -0.25) is 4.57 Å². The Kier molecular flexibility index (Phi) is 5.34. The van der Waals surface area contributed by atoms with Crippen molar-refractivity contribution in [2.24, 2.45) is 0 Å². The third-order valence-electron chi connectivity index (χ3n) is 5.59. The molecule has 1 aliphatic heterocycles. The highest BCUT2D eigenvalue weighted by atomic mass is 19.3. The van der Waals surface area contributed by atoms with Crippen molar-refractivity contribution in [1.82, 2.24) is 9.55 Å². The Bertz CT molecular complexity index is 1350. The zero-order chi connectivity index (χ0) is 22.9. The third kappa shape index (κ3) is 3.63. The van der Waals surface area contributed by atoms with Gasteiger partial charge in [0.15, 0.2) is 11.5 Å². The predicted molar refractivity (Wildman–Crippen MR) is 122 cm³/mol. The number of benzene rings is 3. The Morgan fingerprint density at radius 3 is 2.45 bits per heavy atom. The van der Waals surface area contributed by atoms with Crippen molar-refractivity contribution in [3.8, 4) is 17.2 Å². The standard InChI is InChI=1S/C25H21F2N3O3/c1-31-22-13-7-9-16(23(22)32-2)20-14-18(15-8-3-6-12-21(15)33-24(26)27)29-25-28-17-10-4-5-11-19(17)30(20)25/h3-14,20,24H,1-2H3,(H,28,29). The molecule has 0 fully saturated rings. The molecule has 0 saturated carbocycles. The van der Waals surface area contributed by atoms with E-state index in [1.165, 1.54) is 6.07 Å². The van der Waals surface area contributed by atoms with Crippen molar-refractivity contribution < 1.29 is 23.0 Å². The Hall–Kier alpha value is -4.07. The van der Waals surface area contributed by atoms with Crippen LogP contribution in [0.5, 0.6) is 17.2 Å². The lowest BCUT2D eigenvalue weighted by molar-refractivity contribution is -0.0500. The molecule has 0 aliphatic carbocycles. The summed E-state index contributed by atoms with van der Waals surface area (Å²) in [5.74, 6) is 1.84. The molecule has 0 saturated heterocycles. The smallest absolute Gasteiger partial charge is 0.387 e. The number of aromatic nitrogens is 2. The summed E-state index contributed by atoms with van der Waals surface area (Å²) in [5, 5.41) is 3.30. The van der Waals surface area contributed by atoms with Gasteiger partial charge in [0.2, 0.25) is 5.95 Å². The summed E-state index contributed by atoms with van der Waals surface area (Å²) in [7, 11) is 3.17. The molecule has 1 unspecified atom stereocenters. The van der Waals surface area contributed by atoms with Crippen LogP contribution in [-0.2, 0) is 0 Å². The Morgan fingerprint density at radius 1 is 0.909 bits per heavy atom. The largest absolute Gasteiger partial charge is 0.493 e. The van der Waals surface area contributed by atoms with E-state index in [2.05, 4.69) is 5.32 Å². The SMILES string of the molecule is COc1cccc(C2C=C(c3ccccc3OC(F)F)Nc3nc4ccccc4n32)c1OC. The van der Waals surface area contributed by atoms with E-state index in [0.29, 0.717) is 28.7 Å². The minimum atomic E-state index is -2.94. The number of para-hydroxylation sites is 4. The van der Waals surface area contributed by atoms with E-state index in [4.69, 9.17) is 19.2 Å². The number of hydrogen-bond acceptors (Lipinski definition) is 5. The van der Waals surface area contributed by atoms with Gasteiger partial charge < -0.3 is 19.5 Å². The summed E-state index contributed by atoms with van der Waals surface area (Å²) in [6, 6.07) is 19.8. The zero-order valence-corrected chi connectivity index (χ0v) is 18.0.